The number of benzene rings is 1. The molecule has 35 heavy (non-hydrogen) atoms. The number of hydrogen-bond acceptors (Lipinski definition) is 7. The van der Waals surface area contributed by atoms with Gasteiger partial charge >= 0.3 is 0 Å². The van der Waals surface area contributed by atoms with Gasteiger partial charge in [-0.2, -0.15) is 10.1 Å². The number of rotatable bonds is 4. The highest BCUT2D eigenvalue weighted by atomic mass is 35.5. The Bertz CT molecular complexity index is 1430. The van der Waals surface area contributed by atoms with E-state index in [1.165, 1.54) is 0 Å². The lowest BCUT2D eigenvalue weighted by Gasteiger charge is -2.25. The van der Waals surface area contributed by atoms with Crippen LogP contribution in [0.2, 0.25) is 5.28 Å². The monoisotopic (exact) mass is 494 g/mol. The molecule has 2 aliphatic rings. The molecule has 10 heteroatoms. The van der Waals surface area contributed by atoms with E-state index in [1.54, 1.807) is 11.8 Å². The van der Waals surface area contributed by atoms with Crippen LogP contribution >= 0.6 is 11.6 Å². The Morgan fingerprint density at radius 3 is 2.71 bits per heavy atom. The number of halogens is 1. The Morgan fingerprint density at radius 2 is 1.97 bits per heavy atom. The predicted molar refractivity (Wildman–Crippen MR) is 132 cm³/mol. The molecule has 1 aliphatic carbocycles. The van der Waals surface area contributed by atoms with Crippen molar-refractivity contribution < 1.29 is 14.2 Å². The van der Waals surface area contributed by atoms with Gasteiger partial charge in [0.05, 0.1) is 30.3 Å². The van der Waals surface area contributed by atoms with E-state index < -0.39 is 5.79 Å². The Labute approximate surface area is 207 Å². The maximum absolute atomic E-state index is 6.47. The number of hydrogen-bond donors (Lipinski definition) is 1. The molecule has 182 valence electrons. The third-order valence-corrected chi connectivity index (χ3v) is 7.15. The van der Waals surface area contributed by atoms with Crippen LogP contribution in [0.1, 0.15) is 37.8 Å². The normalized spacial score (nSPS) is 25.3. The molecule has 0 bridgehead atoms. The van der Waals surface area contributed by atoms with Gasteiger partial charge in [-0.15, -0.1) is 0 Å². The van der Waals surface area contributed by atoms with Gasteiger partial charge in [-0.25, -0.2) is 4.98 Å². The number of nitrogen functional groups attached to an aromatic ring is 1. The molecule has 1 aromatic carbocycles. The van der Waals surface area contributed by atoms with E-state index in [4.69, 9.17) is 31.5 Å². The zero-order valence-electron chi connectivity index (χ0n) is 20.0. The largest absolute Gasteiger partial charge is 0.497 e. The van der Waals surface area contributed by atoms with E-state index >= 15 is 0 Å². The lowest BCUT2D eigenvalue weighted by atomic mass is 9.95. The number of anilines is 1. The van der Waals surface area contributed by atoms with Crippen molar-refractivity contribution in [1.29, 1.82) is 0 Å². The second kappa shape index (κ2) is 7.94. The lowest BCUT2D eigenvalue weighted by molar-refractivity contribution is -0.157. The van der Waals surface area contributed by atoms with Crippen LogP contribution in [-0.4, -0.2) is 49.4 Å². The van der Waals surface area contributed by atoms with Gasteiger partial charge in [0.1, 0.15) is 23.3 Å². The Morgan fingerprint density at radius 1 is 1.17 bits per heavy atom. The van der Waals surface area contributed by atoms with Gasteiger partial charge in [0.25, 0.3) is 0 Å². The number of methoxy groups -OCH3 is 1. The zero-order chi connectivity index (χ0) is 24.5. The highest BCUT2D eigenvalue weighted by Crippen LogP contribution is 2.52. The average molecular weight is 495 g/mol. The Hall–Kier alpha value is -3.14. The van der Waals surface area contributed by atoms with Crippen molar-refractivity contribution in [2.24, 2.45) is 7.05 Å². The summed E-state index contributed by atoms with van der Waals surface area (Å²) in [4.78, 5) is 8.82. The third-order valence-electron chi connectivity index (χ3n) is 6.98. The first-order chi connectivity index (χ1) is 16.7. The molecule has 1 saturated carbocycles. The molecule has 0 radical (unpaired) electrons. The highest BCUT2D eigenvalue weighted by Gasteiger charge is 2.55. The summed E-state index contributed by atoms with van der Waals surface area (Å²) >= 11 is 6.27. The number of aromatic nitrogens is 5. The number of aryl methyl sites for hydroxylation is 1. The van der Waals surface area contributed by atoms with Gasteiger partial charge < -0.3 is 24.5 Å². The first kappa shape index (κ1) is 22.3. The van der Waals surface area contributed by atoms with E-state index in [2.05, 4.69) is 31.8 Å². The van der Waals surface area contributed by atoms with Gasteiger partial charge in [0, 0.05) is 30.9 Å². The van der Waals surface area contributed by atoms with E-state index in [-0.39, 0.29) is 29.5 Å². The molecule has 2 fully saturated rings. The number of ether oxygens (including phenoxy) is 3. The third kappa shape index (κ3) is 3.65. The molecule has 0 spiro atoms. The van der Waals surface area contributed by atoms with E-state index in [0.29, 0.717) is 11.5 Å². The number of nitrogens with zero attached hydrogens (tertiary/aromatic N) is 5. The van der Waals surface area contributed by atoms with Crippen molar-refractivity contribution in [2.75, 3.05) is 12.8 Å². The minimum absolute atomic E-state index is 0.0664. The van der Waals surface area contributed by atoms with Crippen LogP contribution in [0.25, 0.3) is 22.3 Å². The first-order valence-electron chi connectivity index (χ1n) is 11.6. The molecule has 1 aliphatic heterocycles. The molecule has 4 heterocycles. The maximum atomic E-state index is 6.47. The van der Waals surface area contributed by atoms with E-state index in [1.807, 2.05) is 51.5 Å². The molecule has 0 amide bonds. The lowest BCUT2D eigenvalue weighted by Crippen LogP contribution is -2.27. The quantitative estimate of drug-likeness (QED) is 0.421. The molecule has 4 atom stereocenters. The Balaban J connectivity index is 1.51. The smallest absolute Gasteiger partial charge is 0.226 e. The second-order valence-electron chi connectivity index (χ2n) is 9.65. The summed E-state index contributed by atoms with van der Waals surface area (Å²) in [5.41, 5.74) is 9.81. The SMILES string of the molecule is COc1cccc([C@H]2C[C@@H](n3cc(-c4ccn(C)n4)c4c(N)nc(Cl)nc43)[C@@H]3OC(C)(C)O[C@@H]32)c1. The van der Waals surface area contributed by atoms with Crippen molar-refractivity contribution in [3.05, 3.63) is 53.6 Å². The summed E-state index contributed by atoms with van der Waals surface area (Å²) in [7, 11) is 3.56. The van der Waals surface area contributed by atoms with Crippen molar-refractivity contribution in [1.82, 2.24) is 24.3 Å². The molecule has 3 aromatic heterocycles. The van der Waals surface area contributed by atoms with Crippen LogP contribution in [0.3, 0.4) is 0 Å². The summed E-state index contributed by atoms with van der Waals surface area (Å²) in [6.45, 7) is 3.91. The number of nitrogens with two attached hydrogens (primary N) is 1. The maximum Gasteiger partial charge on any atom is 0.226 e. The van der Waals surface area contributed by atoms with Crippen molar-refractivity contribution in [2.45, 2.75) is 50.2 Å². The summed E-state index contributed by atoms with van der Waals surface area (Å²) in [6.07, 6.45) is 4.40. The van der Waals surface area contributed by atoms with E-state index in [9.17, 15) is 0 Å². The molecule has 9 nitrogen and oxygen atoms in total. The summed E-state index contributed by atoms with van der Waals surface area (Å²) in [6, 6.07) is 10.0. The molecule has 4 aromatic rings. The molecular formula is C25H27ClN6O3. The molecule has 0 unspecified atom stereocenters. The standard InChI is InChI=1S/C25H27ClN6O3/c1-25(2)34-20-15(13-6-5-7-14(10-13)33-4)11-18(21(20)35-25)32-12-16(17-8-9-31(3)30-17)19-22(27)28-24(26)29-23(19)32/h5-10,12,15,18,20-21H,11H2,1-4H3,(H2,27,28,29)/t15-,18-,20-,21+/m1/s1. The van der Waals surface area contributed by atoms with Gasteiger partial charge in [0.2, 0.25) is 5.28 Å². The van der Waals surface area contributed by atoms with Gasteiger partial charge in [0.15, 0.2) is 5.79 Å². The fourth-order valence-electron chi connectivity index (χ4n) is 5.58. The van der Waals surface area contributed by atoms with Crippen LogP contribution < -0.4 is 10.5 Å². The topological polar surface area (TPSA) is 102 Å². The number of fused-ring (bicyclic) bond motifs is 2. The van der Waals surface area contributed by atoms with Gasteiger partial charge in [-0.05, 0) is 55.6 Å². The van der Waals surface area contributed by atoms with Crippen molar-refractivity contribution in [3.63, 3.8) is 0 Å². The second-order valence-corrected chi connectivity index (χ2v) is 9.99. The average Bonchev–Trinajstić information content (AvgIpc) is 3.55. The molecular weight excluding hydrogens is 468 g/mol. The molecule has 1 saturated heterocycles. The van der Waals surface area contributed by atoms with Crippen LogP contribution in [0.4, 0.5) is 5.82 Å². The summed E-state index contributed by atoms with van der Waals surface area (Å²) < 4.78 is 22.3. The highest BCUT2D eigenvalue weighted by molar-refractivity contribution is 6.29. The summed E-state index contributed by atoms with van der Waals surface area (Å²) in [5, 5.41) is 5.43. The minimum Gasteiger partial charge on any atom is -0.497 e. The fourth-order valence-corrected chi connectivity index (χ4v) is 5.75. The molecule has 6 rings (SSSR count). The predicted octanol–water partition coefficient (Wildman–Crippen LogP) is 4.32. The summed E-state index contributed by atoms with van der Waals surface area (Å²) in [5.74, 6) is 0.537. The van der Waals surface area contributed by atoms with E-state index in [0.717, 1.165) is 34.4 Å². The first-order valence-corrected chi connectivity index (χ1v) is 11.9. The van der Waals surface area contributed by atoms with Crippen LogP contribution in [0, 0.1) is 0 Å². The van der Waals surface area contributed by atoms with Crippen molar-refractivity contribution in [3.8, 4) is 17.0 Å². The van der Waals surface area contributed by atoms with Crippen molar-refractivity contribution >= 4 is 28.5 Å². The van der Waals surface area contributed by atoms with Crippen LogP contribution in [0.5, 0.6) is 5.75 Å². The van der Waals surface area contributed by atoms with Crippen LogP contribution in [-0.2, 0) is 16.5 Å². The minimum atomic E-state index is -0.705. The van der Waals surface area contributed by atoms with Crippen LogP contribution in [0.15, 0.2) is 42.7 Å². The molecule has 2 N–H and O–H groups in total. The van der Waals surface area contributed by atoms with Gasteiger partial charge in [-0.3, -0.25) is 4.68 Å². The fraction of sp³-hybridized carbons (Fsp3) is 0.400. The Kier molecular flexibility index (Phi) is 5.07. The van der Waals surface area contributed by atoms with Gasteiger partial charge in [-0.1, -0.05) is 12.1 Å². The zero-order valence-corrected chi connectivity index (χ0v) is 20.7.